The van der Waals surface area contributed by atoms with Crippen molar-refractivity contribution >= 4 is 0 Å². The average molecular weight is 255 g/mol. The van der Waals surface area contributed by atoms with E-state index in [1.54, 1.807) is 6.07 Å². The molecular formula is C14H22FNO2. The van der Waals surface area contributed by atoms with E-state index in [4.69, 9.17) is 5.11 Å². The number of halogens is 1. The Labute approximate surface area is 108 Å². The van der Waals surface area contributed by atoms with Gasteiger partial charge >= 0.3 is 0 Å². The van der Waals surface area contributed by atoms with Crippen molar-refractivity contribution in [2.45, 2.75) is 38.6 Å². The smallest absolute Gasteiger partial charge is 0.126 e. The highest BCUT2D eigenvalue weighted by Crippen LogP contribution is 2.24. The second-order valence-corrected chi connectivity index (χ2v) is 4.52. The normalized spacial score (nSPS) is 12.6. The summed E-state index contributed by atoms with van der Waals surface area (Å²) in [5.41, 5.74) is 0.715. The molecule has 3 N–H and O–H groups in total. The van der Waals surface area contributed by atoms with E-state index in [0.29, 0.717) is 5.56 Å². The van der Waals surface area contributed by atoms with E-state index < -0.39 is 5.82 Å². The van der Waals surface area contributed by atoms with Crippen LogP contribution < -0.4 is 5.32 Å². The van der Waals surface area contributed by atoms with Gasteiger partial charge < -0.3 is 15.5 Å². The van der Waals surface area contributed by atoms with Crippen LogP contribution in [0.3, 0.4) is 0 Å². The van der Waals surface area contributed by atoms with Crippen molar-refractivity contribution in [1.29, 1.82) is 0 Å². The number of aliphatic hydroxyl groups excluding tert-OH is 1. The standard InChI is InChI=1S/C14H22FNO2/c1-11(16-8-4-2-3-5-9-17)13-7-6-12(15)10-14(13)18/h6-7,10-11,16-18H,2-5,8-9H2,1H3. The Morgan fingerprint density at radius 3 is 2.61 bits per heavy atom. The predicted octanol–water partition coefficient (Wildman–Crippen LogP) is 2.73. The number of aliphatic hydroxyl groups is 1. The third-order valence-corrected chi connectivity index (χ3v) is 2.99. The molecule has 0 fully saturated rings. The highest BCUT2D eigenvalue weighted by molar-refractivity contribution is 5.34. The maximum atomic E-state index is 12.8. The lowest BCUT2D eigenvalue weighted by Gasteiger charge is -2.15. The van der Waals surface area contributed by atoms with Crippen LogP contribution in [0.25, 0.3) is 0 Å². The summed E-state index contributed by atoms with van der Waals surface area (Å²) in [6.07, 6.45) is 4.00. The van der Waals surface area contributed by atoms with E-state index >= 15 is 0 Å². The molecule has 3 nitrogen and oxygen atoms in total. The fourth-order valence-corrected chi connectivity index (χ4v) is 1.90. The number of hydrogen-bond donors (Lipinski definition) is 3. The molecule has 0 bridgehead atoms. The van der Waals surface area contributed by atoms with Crippen molar-refractivity contribution in [1.82, 2.24) is 5.32 Å². The zero-order valence-corrected chi connectivity index (χ0v) is 10.8. The first-order valence-corrected chi connectivity index (χ1v) is 6.48. The summed E-state index contributed by atoms with van der Waals surface area (Å²) in [7, 11) is 0. The lowest BCUT2D eigenvalue weighted by molar-refractivity contribution is 0.282. The quantitative estimate of drug-likeness (QED) is 0.626. The molecule has 1 unspecified atom stereocenters. The highest BCUT2D eigenvalue weighted by atomic mass is 19.1. The van der Waals surface area contributed by atoms with E-state index in [0.717, 1.165) is 38.3 Å². The minimum atomic E-state index is -0.424. The number of phenols is 1. The molecule has 102 valence electrons. The van der Waals surface area contributed by atoms with Crippen LogP contribution in [0, 0.1) is 5.82 Å². The van der Waals surface area contributed by atoms with Crippen LogP contribution >= 0.6 is 0 Å². The van der Waals surface area contributed by atoms with E-state index in [9.17, 15) is 9.50 Å². The number of hydrogen-bond acceptors (Lipinski definition) is 3. The molecule has 0 heterocycles. The number of unbranched alkanes of at least 4 members (excludes halogenated alkanes) is 3. The van der Waals surface area contributed by atoms with Gasteiger partial charge in [-0.1, -0.05) is 18.9 Å². The molecule has 0 aliphatic carbocycles. The summed E-state index contributed by atoms with van der Waals surface area (Å²) in [6, 6.07) is 4.10. The molecule has 0 spiro atoms. The Kier molecular flexibility index (Phi) is 6.68. The van der Waals surface area contributed by atoms with E-state index in [-0.39, 0.29) is 18.4 Å². The average Bonchev–Trinajstić information content (AvgIpc) is 2.33. The Morgan fingerprint density at radius 1 is 1.22 bits per heavy atom. The monoisotopic (exact) mass is 255 g/mol. The zero-order chi connectivity index (χ0) is 13.4. The summed E-state index contributed by atoms with van der Waals surface area (Å²) in [5.74, 6) is -0.428. The minimum Gasteiger partial charge on any atom is -0.508 e. The maximum Gasteiger partial charge on any atom is 0.126 e. The van der Waals surface area contributed by atoms with Crippen LogP contribution in [0.1, 0.15) is 44.2 Å². The van der Waals surface area contributed by atoms with Crippen LogP contribution in [0.15, 0.2) is 18.2 Å². The van der Waals surface area contributed by atoms with Gasteiger partial charge in [0.05, 0.1) is 0 Å². The molecule has 0 amide bonds. The Hall–Kier alpha value is -1.13. The summed E-state index contributed by atoms with van der Waals surface area (Å²) >= 11 is 0. The molecule has 4 heteroatoms. The molecule has 1 aromatic carbocycles. The first-order valence-electron chi connectivity index (χ1n) is 6.48. The fraction of sp³-hybridized carbons (Fsp3) is 0.571. The molecule has 0 saturated heterocycles. The van der Waals surface area contributed by atoms with Gasteiger partial charge in [-0.15, -0.1) is 0 Å². The van der Waals surface area contributed by atoms with Gasteiger partial charge in [-0.3, -0.25) is 0 Å². The molecule has 0 saturated carbocycles. The van der Waals surface area contributed by atoms with Crippen molar-refractivity contribution in [3.63, 3.8) is 0 Å². The number of rotatable bonds is 8. The molecule has 1 aromatic rings. The molecular weight excluding hydrogens is 233 g/mol. The fourth-order valence-electron chi connectivity index (χ4n) is 1.90. The van der Waals surface area contributed by atoms with Crippen molar-refractivity contribution < 1.29 is 14.6 Å². The van der Waals surface area contributed by atoms with Gasteiger partial charge in [0.1, 0.15) is 11.6 Å². The van der Waals surface area contributed by atoms with Gasteiger partial charge in [-0.05, 0) is 32.4 Å². The molecule has 1 atom stereocenters. The van der Waals surface area contributed by atoms with Crippen molar-refractivity contribution in [2.24, 2.45) is 0 Å². The molecule has 0 aliphatic heterocycles. The van der Waals surface area contributed by atoms with E-state index in [2.05, 4.69) is 5.32 Å². The molecule has 0 aromatic heterocycles. The second-order valence-electron chi connectivity index (χ2n) is 4.52. The van der Waals surface area contributed by atoms with Gasteiger partial charge in [0.2, 0.25) is 0 Å². The maximum absolute atomic E-state index is 12.8. The zero-order valence-electron chi connectivity index (χ0n) is 10.8. The van der Waals surface area contributed by atoms with Crippen molar-refractivity contribution in [3.8, 4) is 5.75 Å². The van der Waals surface area contributed by atoms with Crippen LogP contribution in [-0.2, 0) is 0 Å². The number of aromatic hydroxyl groups is 1. The largest absolute Gasteiger partial charge is 0.508 e. The van der Waals surface area contributed by atoms with Crippen LogP contribution in [0.5, 0.6) is 5.75 Å². The Bertz CT molecular complexity index is 358. The summed E-state index contributed by atoms with van der Waals surface area (Å²) in [5, 5.41) is 21.6. The predicted molar refractivity (Wildman–Crippen MR) is 70.0 cm³/mol. The highest BCUT2D eigenvalue weighted by Gasteiger charge is 2.09. The Balaban J connectivity index is 2.29. The molecule has 0 radical (unpaired) electrons. The van der Waals surface area contributed by atoms with Crippen molar-refractivity contribution in [3.05, 3.63) is 29.6 Å². The van der Waals surface area contributed by atoms with Crippen molar-refractivity contribution in [2.75, 3.05) is 13.2 Å². The van der Waals surface area contributed by atoms with Gasteiger partial charge in [0.25, 0.3) is 0 Å². The number of nitrogens with one attached hydrogen (secondary N) is 1. The number of benzene rings is 1. The van der Waals surface area contributed by atoms with Gasteiger partial charge in [-0.25, -0.2) is 4.39 Å². The molecule has 1 rings (SSSR count). The lowest BCUT2D eigenvalue weighted by atomic mass is 10.1. The lowest BCUT2D eigenvalue weighted by Crippen LogP contribution is -2.20. The van der Waals surface area contributed by atoms with Crippen LogP contribution in [0.4, 0.5) is 4.39 Å². The topological polar surface area (TPSA) is 52.5 Å². The third-order valence-electron chi connectivity index (χ3n) is 2.99. The molecule has 0 aliphatic rings. The van der Waals surface area contributed by atoms with Gasteiger partial charge in [-0.2, -0.15) is 0 Å². The SMILES string of the molecule is CC(NCCCCCCO)c1ccc(F)cc1O. The van der Waals surface area contributed by atoms with Crippen LogP contribution in [-0.4, -0.2) is 23.4 Å². The van der Waals surface area contributed by atoms with Gasteiger partial charge in [0, 0.05) is 24.3 Å². The molecule has 18 heavy (non-hydrogen) atoms. The first kappa shape index (κ1) is 14.9. The Morgan fingerprint density at radius 2 is 1.94 bits per heavy atom. The first-order chi connectivity index (χ1) is 8.65. The van der Waals surface area contributed by atoms with Gasteiger partial charge in [0.15, 0.2) is 0 Å². The second kappa shape index (κ2) is 8.06. The van der Waals surface area contributed by atoms with Crippen LogP contribution in [0.2, 0.25) is 0 Å². The summed E-state index contributed by atoms with van der Waals surface area (Å²) in [4.78, 5) is 0. The minimum absolute atomic E-state index is 0.00319. The third kappa shape index (κ3) is 5.02. The van der Waals surface area contributed by atoms with E-state index in [1.807, 2.05) is 6.92 Å². The summed E-state index contributed by atoms with van der Waals surface area (Å²) in [6.45, 7) is 3.05. The number of phenolic OH excluding ortho intramolecular Hbond substituents is 1. The summed E-state index contributed by atoms with van der Waals surface area (Å²) < 4.78 is 12.8. The van der Waals surface area contributed by atoms with E-state index in [1.165, 1.54) is 6.07 Å².